The average Bonchev–Trinajstić information content (AvgIpc) is 3.20. The molecule has 3 nitrogen and oxygen atoms in total. The minimum atomic E-state index is 0.341. The smallest absolute Gasteiger partial charge is 0.123 e. The van der Waals surface area contributed by atoms with E-state index in [2.05, 4.69) is 51.3 Å². The predicted octanol–water partition coefficient (Wildman–Crippen LogP) is 4.49. The second-order valence-electron chi connectivity index (χ2n) is 5.65. The Hall–Kier alpha value is -1.26. The zero-order valence-electron chi connectivity index (χ0n) is 12.5. The summed E-state index contributed by atoms with van der Waals surface area (Å²) in [4.78, 5) is 2.44. The molecule has 1 unspecified atom stereocenters. The summed E-state index contributed by atoms with van der Waals surface area (Å²) in [6.45, 7) is 3.01. The minimum absolute atomic E-state index is 0.341. The second kappa shape index (κ2) is 6.24. The van der Waals surface area contributed by atoms with E-state index in [0.717, 1.165) is 16.8 Å². The molecule has 112 valence electrons. The maximum absolute atomic E-state index is 5.51. The van der Waals surface area contributed by atoms with Crippen molar-refractivity contribution in [2.75, 3.05) is 11.9 Å². The summed E-state index contributed by atoms with van der Waals surface area (Å²) in [5, 5.41) is 3.28. The molecule has 0 bridgehead atoms. The summed E-state index contributed by atoms with van der Waals surface area (Å²) < 4.78 is 6.67. The molecule has 1 aromatic carbocycles. The Kier molecular flexibility index (Phi) is 4.36. The summed E-state index contributed by atoms with van der Waals surface area (Å²) in [6.07, 6.45) is 4.29. The zero-order chi connectivity index (χ0) is 14.8. The van der Waals surface area contributed by atoms with Gasteiger partial charge in [0.1, 0.15) is 5.76 Å². The van der Waals surface area contributed by atoms with Gasteiger partial charge < -0.3 is 14.6 Å². The molecular formula is C17H21BrN2O. The fourth-order valence-corrected chi connectivity index (χ4v) is 3.30. The van der Waals surface area contributed by atoms with Gasteiger partial charge in [0.25, 0.3) is 0 Å². The molecule has 1 fully saturated rings. The topological polar surface area (TPSA) is 28.4 Å². The number of anilines is 1. The van der Waals surface area contributed by atoms with Crippen molar-refractivity contribution in [3.05, 3.63) is 52.4 Å². The van der Waals surface area contributed by atoms with Crippen LogP contribution in [0.25, 0.3) is 0 Å². The van der Waals surface area contributed by atoms with Crippen LogP contribution in [0.2, 0.25) is 0 Å². The van der Waals surface area contributed by atoms with Crippen molar-refractivity contribution in [3.8, 4) is 0 Å². The van der Waals surface area contributed by atoms with Gasteiger partial charge in [0, 0.05) is 22.2 Å². The highest BCUT2D eigenvalue weighted by atomic mass is 79.9. The largest absolute Gasteiger partial charge is 0.467 e. The van der Waals surface area contributed by atoms with E-state index in [9.17, 15) is 0 Å². The quantitative estimate of drug-likeness (QED) is 0.833. The van der Waals surface area contributed by atoms with Crippen LogP contribution >= 0.6 is 15.9 Å². The summed E-state index contributed by atoms with van der Waals surface area (Å²) in [7, 11) is 1.98. The molecule has 1 N–H and O–H groups in total. The van der Waals surface area contributed by atoms with Crippen molar-refractivity contribution in [2.45, 2.75) is 38.4 Å². The Balaban J connectivity index is 1.84. The summed E-state index contributed by atoms with van der Waals surface area (Å²) in [5.74, 6) is 1.02. The third-order valence-electron chi connectivity index (χ3n) is 4.11. The van der Waals surface area contributed by atoms with Gasteiger partial charge in [-0.25, -0.2) is 0 Å². The summed E-state index contributed by atoms with van der Waals surface area (Å²) >= 11 is 3.71. The number of hydrogen-bond donors (Lipinski definition) is 1. The van der Waals surface area contributed by atoms with Gasteiger partial charge in [-0.15, -0.1) is 0 Å². The normalized spacial score (nSPS) is 16.0. The van der Waals surface area contributed by atoms with E-state index in [1.165, 1.54) is 24.1 Å². The highest BCUT2D eigenvalue weighted by molar-refractivity contribution is 9.10. The number of nitrogens with zero attached hydrogens (tertiary/aromatic N) is 1. The van der Waals surface area contributed by atoms with Crippen LogP contribution in [0.5, 0.6) is 0 Å². The molecule has 0 amide bonds. The molecule has 1 aliphatic carbocycles. The second-order valence-corrected chi connectivity index (χ2v) is 6.51. The van der Waals surface area contributed by atoms with E-state index >= 15 is 0 Å². The molecular weight excluding hydrogens is 328 g/mol. The number of furan rings is 1. The summed E-state index contributed by atoms with van der Waals surface area (Å²) in [6, 6.07) is 11.6. The lowest BCUT2D eigenvalue weighted by Crippen LogP contribution is -2.25. The van der Waals surface area contributed by atoms with E-state index in [-0.39, 0.29) is 0 Å². The fourth-order valence-electron chi connectivity index (χ4n) is 2.59. The lowest BCUT2D eigenvalue weighted by molar-refractivity contribution is 0.501. The Labute approximate surface area is 134 Å². The number of hydrogen-bond acceptors (Lipinski definition) is 3. The number of halogens is 1. The van der Waals surface area contributed by atoms with Gasteiger partial charge in [0.15, 0.2) is 0 Å². The molecule has 1 heterocycles. The molecule has 1 aliphatic rings. The minimum Gasteiger partial charge on any atom is -0.467 e. The summed E-state index contributed by atoms with van der Waals surface area (Å²) in [5.41, 5.74) is 2.54. The first-order valence-corrected chi connectivity index (χ1v) is 8.24. The molecule has 1 saturated carbocycles. The number of rotatable bonds is 6. The lowest BCUT2D eigenvalue weighted by Gasteiger charge is -2.25. The van der Waals surface area contributed by atoms with E-state index in [1.54, 1.807) is 6.26 Å². The molecule has 2 aromatic rings. The third-order valence-corrected chi connectivity index (χ3v) is 4.80. The predicted molar refractivity (Wildman–Crippen MR) is 89.5 cm³/mol. The van der Waals surface area contributed by atoms with Gasteiger partial charge in [0.05, 0.1) is 12.8 Å². The molecule has 0 saturated heterocycles. The van der Waals surface area contributed by atoms with Crippen molar-refractivity contribution >= 4 is 21.6 Å². The van der Waals surface area contributed by atoms with Crippen LogP contribution in [-0.4, -0.2) is 13.1 Å². The van der Waals surface area contributed by atoms with E-state index in [0.29, 0.717) is 12.1 Å². The molecule has 0 aliphatic heterocycles. The maximum Gasteiger partial charge on any atom is 0.123 e. The fraction of sp³-hybridized carbons (Fsp3) is 0.412. The third kappa shape index (κ3) is 3.33. The van der Waals surface area contributed by atoms with Gasteiger partial charge in [0.2, 0.25) is 0 Å². The Bertz CT molecular complexity index is 593. The molecule has 0 spiro atoms. The molecule has 1 aromatic heterocycles. The van der Waals surface area contributed by atoms with Crippen LogP contribution < -0.4 is 10.2 Å². The van der Waals surface area contributed by atoms with Gasteiger partial charge >= 0.3 is 0 Å². The lowest BCUT2D eigenvalue weighted by atomic mass is 10.1. The van der Waals surface area contributed by atoms with Crippen LogP contribution in [0, 0.1) is 0 Å². The first kappa shape index (κ1) is 14.7. The maximum atomic E-state index is 5.51. The van der Waals surface area contributed by atoms with Crippen LogP contribution in [0.15, 0.2) is 45.5 Å². The van der Waals surface area contributed by atoms with Crippen molar-refractivity contribution in [3.63, 3.8) is 0 Å². The number of nitrogens with one attached hydrogen (secondary N) is 1. The standard InChI is InChI=1S/C17H21BrN2O/c1-12(19-2)16-8-7-14(10-17(16)18)20(13-5-6-13)11-15-4-3-9-21-15/h3-4,7-10,12-13,19H,5-6,11H2,1-2H3. The Morgan fingerprint density at radius 1 is 1.38 bits per heavy atom. The van der Waals surface area contributed by atoms with Crippen molar-refractivity contribution in [1.29, 1.82) is 0 Å². The zero-order valence-corrected chi connectivity index (χ0v) is 14.1. The van der Waals surface area contributed by atoms with Gasteiger partial charge in [-0.3, -0.25) is 0 Å². The molecule has 3 rings (SSSR count). The highest BCUT2D eigenvalue weighted by Gasteiger charge is 2.30. The Morgan fingerprint density at radius 3 is 2.76 bits per heavy atom. The monoisotopic (exact) mass is 348 g/mol. The highest BCUT2D eigenvalue weighted by Crippen LogP contribution is 2.36. The van der Waals surface area contributed by atoms with Crippen molar-refractivity contribution in [2.24, 2.45) is 0 Å². The van der Waals surface area contributed by atoms with E-state index in [4.69, 9.17) is 4.42 Å². The van der Waals surface area contributed by atoms with Crippen LogP contribution in [-0.2, 0) is 6.54 Å². The van der Waals surface area contributed by atoms with Crippen LogP contribution in [0.1, 0.15) is 37.1 Å². The van der Waals surface area contributed by atoms with Crippen molar-refractivity contribution in [1.82, 2.24) is 5.32 Å². The van der Waals surface area contributed by atoms with E-state index < -0.39 is 0 Å². The first-order valence-electron chi connectivity index (χ1n) is 7.44. The first-order chi connectivity index (χ1) is 10.2. The molecule has 21 heavy (non-hydrogen) atoms. The molecule has 4 heteroatoms. The van der Waals surface area contributed by atoms with Gasteiger partial charge in [-0.1, -0.05) is 22.0 Å². The van der Waals surface area contributed by atoms with Gasteiger partial charge in [-0.2, -0.15) is 0 Å². The van der Waals surface area contributed by atoms with Crippen LogP contribution in [0.3, 0.4) is 0 Å². The van der Waals surface area contributed by atoms with Crippen molar-refractivity contribution < 1.29 is 4.42 Å². The SMILES string of the molecule is CNC(C)c1ccc(N(Cc2ccco2)C2CC2)cc1Br. The number of benzene rings is 1. The molecule has 0 radical (unpaired) electrons. The van der Waals surface area contributed by atoms with E-state index in [1.807, 2.05) is 19.2 Å². The average molecular weight is 349 g/mol. The van der Waals surface area contributed by atoms with Crippen LogP contribution in [0.4, 0.5) is 5.69 Å². The van der Waals surface area contributed by atoms with Gasteiger partial charge in [-0.05, 0) is 56.6 Å². The molecule has 1 atom stereocenters. The Morgan fingerprint density at radius 2 is 2.19 bits per heavy atom.